The average molecular weight is 360 g/mol. The largest absolute Gasteiger partial charge is 0.497 e. The lowest BCUT2D eigenvalue weighted by atomic mass is 10.0. The second-order valence-electron chi connectivity index (χ2n) is 6.35. The third-order valence-electron chi connectivity index (χ3n) is 4.48. The zero-order valence-corrected chi connectivity index (χ0v) is 14.6. The molecule has 3 rings (SSSR count). The Kier molecular flexibility index (Phi) is 6.11. The summed E-state index contributed by atoms with van der Waals surface area (Å²) in [5, 5.41) is 29.4. The van der Waals surface area contributed by atoms with E-state index in [1.54, 1.807) is 13.2 Å². The number of benzene rings is 2. The van der Waals surface area contributed by atoms with Crippen LogP contribution in [0.5, 0.6) is 11.5 Å². The van der Waals surface area contributed by atoms with Gasteiger partial charge in [0.15, 0.2) is 0 Å². The number of rotatable bonds is 6. The van der Waals surface area contributed by atoms with E-state index in [2.05, 4.69) is 0 Å². The molecule has 1 saturated heterocycles. The molecule has 6 nitrogen and oxygen atoms in total. The molecule has 140 valence electrons. The summed E-state index contributed by atoms with van der Waals surface area (Å²) in [7, 11) is 1.63. The summed E-state index contributed by atoms with van der Waals surface area (Å²) in [5.41, 5.74) is 2.01. The third-order valence-corrected chi connectivity index (χ3v) is 4.48. The number of hydrogen-bond donors (Lipinski definition) is 3. The van der Waals surface area contributed by atoms with Gasteiger partial charge in [-0.3, -0.25) is 0 Å². The predicted molar refractivity (Wildman–Crippen MR) is 95.2 cm³/mol. The topological polar surface area (TPSA) is 88.4 Å². The van der Waals surface area contributed by atoms with Crippen LogP contribution in [0.2, 0.25) is 0 Å². The van der Waals surface area contributed by atoms with E-state index in [9.17, 15) is 15.3 Å². The van der Waals surface area contributed by atoms with Crippen molar-refractivity contribution in [2.75, 3.05) is 13.7 Å². The molecule has 1 aliphatic heterocycles. The lowest BCUT2D eigenvalue weighted by Crippen LogP contribution is -2.51. The van der Waals surface area contributed by atoms with Crippen LogP contribution >= 0.6 is 0 Å². The van der Waals surface area contributed by atoms with E-state index in [0.717, 1.165) is 16.9 Å². The minimum absolute atomic E-state index is 0.172. The number of ether oxygens (including phenoxy) is 3. The van der Waals surface area contributed by atoms with Crippen LogP contribution in [0.1, 0.15) is 17.5 Å². The van der Waals surface area contributed by atoms with Gasteiger partial charge in [0.05, 0.1) is 25.9 Å². The van der Waals surface area contributed by atoms with Gasteiger partial charge in [-0.1, -0.05) is 30.3 Å². The molecular weight excluding hydrogens is 336 g/mol. The molecule has 4 atom stereocenters. The Bertz CT molecular complexity index is 702. The molecule has 0 radical (unpaired) electrons. The molecule has 0 bridgehead atoms. The van der Waals surface area contributed by atoms with Gasteiger partial charge in [0.1, 0.15) is 17.6 Å². The maximum Gasteiger partial charge on any atom is 0.229 e. The predicted octanol–water partition coefficient (Wildman–Crippen LogP) is 1.49. The van der Waals surface area contributed by atoms with Crippen LogP contribution < -0.4 is 9.47 Å². The summed E-state index contributed by atoms with van der Waals surface area (Å²) < 4.78 is 16.6. The van der Waals surface area contributed by atoms with Gasteiger partial charge in [0.2, 0.25) is 6.29 Å². The van der Waals surface area contributed by atoms with Crippen molar-refractivity contribution in [2.45, 2.75) is 37.4 Å². The Morgan fingerprint density at radius 2 is 1.81 bits per heavy atom. The van der Waals surface area contributed by atoms with Crippen molar-refractivity contribution in [3.8, 4) is 11.5 Å². The van der Waals surface area contributed by atoms with Gasteiger partial charge >= 0.3 is 0 Å². The Labute approximate surface area is 152 Å². The molecule has 0 amide bonds. The molecule has 1 heterocycles. The van der Waals surface area contributed by atoms with E-state index in [1.807, 2.05) is 42.5 Å². The van der Waals surface area contributed by atoms with Crippen LogP contribution in [-0.2, 0) is 11.2 Å². The van der Waals surface area contributed by atoms with Crippen LogP contribution in [0.25, 0.3) is 0 Å². The third kappa shape index (κ3) is 4.34. The summed E-state index contributed by atoms with van der Waals surface area (Å²) in [6.45, 7) is -0.239. The molecule has 2 aromatic carbocycles. The monoisotopic (exact) mass is 360 g/mol. The van der Waals surface area contributed by atoms with Crippen LogP contribution in [0.15, 0.2) is 48.5 Å². The highest BCUT2D eigenvalue weighted by Crippen LogP contribution is 2.28. The van der Waals surface area contributed by atoms with E-state index in [1.165, 1.54) is 0 Å². The van der Waals surface area contributed by atoms with Gasteiger partial charge in [-0.05, 0) is 29.3 Å². The van der Waals surface area contributed by atoms with Crippen LogP contribution in [0.3, 0.4) is 0 Å². The molecule has 1 fully saturated rings. The zero-order chi connectivity index (χ0) is 18.5. The van der Waals surface area contributed by atoms with Crippen molar-refractivity contribution in [1.82, 2.24) is 0 Å². The Morgan fingerprint density at radius 3 is 2.50 bits per heavy atom. The lowest BCUT2D eigenvalue weighted by molar-refractivity contribution is -0.240. The van der Waals surface area contributed by atoms with E-state index in [0.29, 0.717) is 12.2 Å². The van der Waals surface area contributed by atoms with Gasteiger partial charge in [-0.2, -0.15) is 0 Å². The molecule has 3 N–H and O–H groups in total. The van der Waals surface area contributed by atoms with Gasteiger partial charge < -0.3 is 29.5 Å². The van der Waals surface area contributed by atoms with Crippen LogP contribution in [0, 0.1) is 0 Å². The van der Waals surface area contributed by atoms with E-state index >= 15 is 0 Å². The first-order valence-electron chi connectivity index (χ1n) is 8.60. The standard InChI is InChI=1S/C20H24O6/c1-24-15-8-6-13(7-9-15)10-14-4-2-3-5-18(14)26-20-19(23)17(22)11-16(12-21)25-20/h2-9,16-17,19-23H,10-12H2,1H3/t16-,17-,19+,20+/m0/s1. The lowest BCUT2D eigenvalue weighted by Gasteiger charge is -2.36. The van der Waals surface area contributed by atoms with Crippen molar-refractivity contribution in [3.05, 3.63) is 59.7 Å². The summed E-state index contributed by atoms with van der Waals surface area (Å²) in [5.74, 6) is 1.36. The molecule has 26 heavy (non-hydrogen) atoms. The first kappa shape index (κ1) is 18.7. The average Bonchev–Trinajstić information content (AvgIpc) is 2.67. The van der Waals surface area contributed by atoms with Crippen molar-refractivity contribution < 1.29 is 29.5 Å². The summed E-state index contributed by atoms with van der Waals surface area (Å²) >= 11 is 0. The fraction of sp³-hybridized carbons (Fsp3) is 0.400. The quantitative estimate of drug-likeness (QED) is 0.723. The molecule has 0 aromatic heterocycles. The summed E-state index contributed by atoms with van der Waals surface area (Å²) in [4.78, 5) is 0. The molecule has 0 saturated carbocycles. The first-order chi connectivity index (χ1) is 12.6. The first-order valence-corrected chi connectivity index (χ1v) is 8.60. The maximum absolute atomic E-state index is 10.2. The van der Waals surface area contributed by atoms with Crippen molar-refractivity contribution in [2.24, 2.45) is 0 Å². The van der Waals surface area contributed by atoms with Crippen molar-refractivity contribution in [3.63, 3.8) is 0 Å². The minimum atomic E-state index is -1.17. The van der Waals surface area contributed by atoms with E-state index in [-0.39, 0.29) is 13.0 Å². The Morgan fingerprint density at radius 1 is 1.08 bits per heavy atom. The molecule has 0 aliphatic carbocycles. The zero-order valence-electron chi connectivity index (χ0n) is 14.6. The molecule has 0 spiro atoms. The maximum atomic E-state index is 10.2. The number of hydrogen-bond acceptors (Lipinski definition) is 6. The summed E-state index contributed by atoms with van der Waals surface area (Å²) in [6.07, 6.45) is -2.97. The number of aliphatic hydroxyl groups excluding tert-OH is 3. The highest BCUT2D eigenvalue weighted by atomic mass is 16.7. The minimum Gasteiger partial charge on any atom is -0.497 e. The van der Waals surface area contributed by atoms with Crippen LogP contribution in [0.4, 0.5) is 0 Å². The molecule has 2 aromatic rings. The molecule has 6 heteroatoms. The normalized spacial score (nSPS) is 25.7. The van der Waals surface area contributed by atoms with Gasteiger partial charge in [-0.25, -0.2) is 0 Å². The number of para-hydroxylation sites is 1. The van der Waals surface area contributed by atoms with Crippen LogP contribution in [-0.4, -0.2) is 53.6 Å². The summed E-state index contributed by atoms with van der Waals surface area (Å²) in [6, 6.07) is 15.2. The van der Waals surface area contributed by atoms with Crippen molar-refractivity contribution in [1.29, 1.82) is 0 Å². The highest BCUT2D eigenvalue weighted by Gasteiger charge is 2.38. The van der Waals surface area contributed by atoms with E-state index in [4.69, 9.17) is 14.2 Å². The Balaban J connectivity index is 1.75. The second kappa shape index (κ2) is 8.51. The molecule has 0 unspecified atom stereocenters. The molecule has 1 aliphatic rings. The highest BCUT2D eigenvalue weighted by molar-refractivity contribution is 5.39. The van der Waals surface area contributed by atoms with Gasteiger partial charge in [0, 0.05) is 12.8 Å². The number of aliphatic hydroxyl groups is 3. The fourth-order valence-electron chi connectivity index (χ4n) is 2.98. The SMILES string of the molecule is COc1ccc(Cc2ccccc2O[C@H]2O[C@H](CO)C[C@H](O)[C@H]2O)cc1. The van der Waals surface area contributed by atoms with E-state index < -0.39 is 24.6 Å². The van der Waals surface area contributed by atoms with Gasteiger partial charge in [0.25, 0.3) is 0 Å². The molecular formula is C20H24O6. The van der Waals surface area contributed by atoms with Crippen molar-refractivity contribution >= 4 is 0 Å². The Hall–Kier alpha value is -2.12. The van der Waals surface area contributed by atoms with Gasteiger partial charge in [-0.15, -0.1) is 0 Å². The number of methoxy groups -OCH3 is 1. The smallest absolute Gasteiger partial charge is 0.229 e. The fourth-order valence-corrected chi connectivity index (χ4v) is 2.98. The second-order valence-corrected chi connectivity index (χ2v) is 6.35.